The van der Waals surface area contributed by atoms with Crippen molar-refractivity contribution >= 4 is 16.8 Å². The van der Waals surface area contributed by atoms with E-state index in [1.54, 1.807) is 6.82 Å². The van der Waals surface area contributed by atoms with Gasteiger partial charge in [0.1, 0.15) is 9.84 Å². The van der Waals surface area contributed by atoms with E-state index in [1.165, 1.54) is 0 Å². The van der Waals surface area contributed by atoms with Crippen molar-refractivity contribution in [2.45, 2.75) is 26.0 Å². The number of hydrogen-bond acceptors (Lipinski definition) is 6. The smallest absolute Gasteiger partial charge is 0.286 e. The van der Waals surface area contributed by atoms with Gasteiger partial charge >= 0.3 is 0 Å². The van der Waals surface area contributed by atoms with Crippen LogP contribution in [0.2, 0.25) is 13.1 Å². The molecule has 1 aromatic heterocycles. The molecule has 0 aliphatic heterocycles. The molecular formula is C7H15BN4O3S. The van der Waals surface area contributed by atoms with E-state index in [4.69, 9.17) is 5.02 Å². The fourth-order valence-electron chi connectivity index (χ4n) is 1.19. The van der Waals surface area contributed by atoms with Gasteiger partial charge in [0, 0.05) is 12.2 Å². The van der Waals surface area contributed by atoms with Crippen LogP contribution in [0.15, 0.2) is 0 Å². The van der Waals surface area contributed by atoms with E-state index < -0.39 is 16.8 Å². The number of sulfone groups is 1. The second-order valence-electron chi connectivity index (χ2n) is 3.72. The van der Waals surface area contributed by atoms with Crippen molar-refractivity contribution in [2.75, 3.05) is 11.5 Å². The minimum atomic E-state index is -3.08. The molecule has 0 fully saturated rings. The maximum Gasteiger partial charge on any atom is 0.286 e. The number of aromatic amines is 1. The van der Waals surface area contributed by atoms with Crippen molar-refractivity contribution in [3.05, 3.63) is 5.82 Å². The van der Waals surface area contributed by atoms with Gasteiger partial charge in [-0.3, -0.25) is 0 Å². The van der Waals surface area contributed by atoms with E-state index in [0.717, 1.165) is 0 Å². The Hall–Kier alpha value is -0.955. The van der Waals surface area contributed by atoms with Crippen LogP contribution >= 0.6 is 0 Å². The number of hydrogen-bond donors (Lipinski definition) is 2. The molecule has 7 nitrogen and oxygen atoms in total. The van der Waals surface area contributed by atoms with E-state index in [9.17, 15) is 8.42 Å². The predicted octanol–water partition coefficient (Wildman–Crippen LogP) is -0.839. The summed E-state index contributed by atoms with van der Waals surface area (Å²) in [5.74, 6) is 0.635. The quantitative estimate of drug-likeness (QED) is 0.607. The Morgan fingerprint density at radius 2 is 2.19 bits per heavy atom. The lowest BCUT2D eigenvalue weighted by molar-refractivity contribution is 0.572. The van der Waals surface area contributed by atoms with Crippen LogP contribution in [-0.4, -0.2) is 52.5 Å². The normalized spacial score (nSPS) is 11.6. The molecule has 0 saturated carbocycles. The van der Waals surface area contributed by atoms with Gasteiger partial charge in [-0.1, -0.05) is 12.0 Å². The largest absolute Gasteiger partial charge is 0.451 e. The Morgan fingerprint density at radius 3 is 2.75 bits per heavy atom. The Balaban J connectivity index is 2.26. The van der Waals surface area contributed by atoms with Crippen LogP contribution in [-0.2, 0) is 16.3 Å². The second-order valence-corrected chi connectivity index (χ2v) is 6.02. The molecule has 90 valence electrons. The summed E-state index contributed by atoms with van der Waals surface area (Å²) in [5.41, 5.74) is 0. The predicted molar refractivity (Wildman–Crippen MR) is 59.8 cm³/mol. The molecule has 9 heteroatoms. The standard InChI is InChI=1S/C7H15BN4O3S/c1-8(13)4-6-16(14,15)5-2-3-7-9-11-12-10-7/h13H,2-6H2,1H3,(H,9,10,11,12). The third kappa shape index (κ3) is 5.22. The first-order chi connectivity index (χ1) is 7.49. The molecule has 0 amide bonds. The lowest BCUT2D eigenvalue weighted by Gasteiger charge is -2.03. The molecule has 1 aromatic rings. The summed E-state index contributed by atoms with van der Waals surface area (Å²) in [6, 6.07) is 0. The number of aromatic nitrogens is 4. The molecule has 0 bridgehead atoms. The van der Waals surface area contributed by atoms with Crippen molar-refractivity contribution in [1.29, 1.82) is 0 Å². The zero-order valence-electron chi connectivity index (χ0n) is 9.13. The van der Waals surface area contributed by atoms with Crippen molar-refractivity contribution in [1.82, 2.24) is 20.6 Å². The lowest BCUT2D eigenvalue weighted by atomic mass is 9.69. The van der Waals surface area contributed by atoms with Gasteiger partial charge in [-0.05, 0) is 12.7 Å². The fourth-order valence-corrected chi connectivity index (χ4v) is 2.68. The van der Waals surface area contributed by atoms with Gasteiger partial charge < -0.3 is 5.02 Å². The van der Waals surface area contributed by atoms with Gasteiger partial charge in [-0.15, -0.1) is 10.2 Å². The summed E-state index contributed by atoms with van der Waals surface area (Å²) in [7, 11) is -3.08. The molecule has 16 heavy (non-hydrogen) atoms. The van der Waals surface area contributed by atoms with E-state index in [0.29, 0.717) is 18.7 Å². The van der Waals surface area contributed by atoms with Crippen LogP contribution in [0.3, 0.4) is 0 Å². The van der Waals surface area contributed by atoms with Crippen LogP contribution in [0.25, 0.3) is 0 Å². The molecule has 1 heterocycles. The summed E-state index contributed by atoms with van der Waals surface area (Å²) >= 11 is 0. The third-order valence-electron chi connectivity index (χ3n) is 2.09. The summed E-state index contributed by atoms with van der Waals surface area (Å²) in [4.78, 5) is 0. The van der Waals surface area contributed by atoms with Crippen LogP contribution in [0, 0.1) is 0 Å². The zero-order chi connectivity index (χ0) is 12.0. The van der Waals surface area contributed by atoms with Gasteiger partial charge in [0.25, 0.3) is 6.92 Å². The Morgan fingerprint density at radius 1 is 1.44 bits per heavy atom. The first-order valence-electron chi connectivity index (χ1n) is 5.10. The average Bonchev–Trinajstić information content (AvgIpc) is 2.68. The van der Waals surface area contributed by atoms with Crippen molar-refractivity contribution < 1.29 is 13.4 Å². The van der Waals surface area contributed by atoms with Crippen molar-refractivity contribution in [3.63, 3.8) is 0 Å². The van der Waals surface area contributed by atoms with Gasteiger partial charge in [0.15, 0.2) is 5.82 Å². The SMILES string of the molecule is CB(O)CCS(=O)(=O)CCCc1nn[nH]n1. The average molecular weight is 246 g/mol. The van der Waals surface area contributed by atoms with E-state index >= 15 is 0 Å². The molecule has 0 aliphatic carbocycles. The zero-order valence-corrected chi connectivity index (χ0v) is 9.94. The third-order valence-corrected chi connectivity index (χ3v) is 3.86. The fraction of sp³-hybridized carbons (Fsp3) is 0.857. The van der Waals surface area contributed by atoms with Crippen LogP contribution in [0.1, 0.15) is 12.2 Å². The number of H-pyrrole nitrogens is 1. The summed E-state index contributed by atoms with van der Waals surface area (Å²) in [5, 5.41) is 22.1. The first kappa shape index (κ1) is 13.1. The maximum absolute atomic E-state index is 11.5. The Kier molecular flexibility index (Phi) is 4.87. The minimum absolute atomic E-state index is 0.0247. The van der Waals surface area contributed by atoms with E-state index in [2.05, 4.69) is 20.6 Å². The minimum Gasteiger partial charge on any atom is -0.451 e. The van der Waals surface area contributed by atoms with Crippen molar-refractivity contribution in [2.24, 2.45) is 0 Å². The van der Waals surface area contributed by atoms with Crippen LogP contribution < -0.4 is 0 Å². The van der Waals surface area contributed by atoms with Gasteiger partial charge in [0.05, 0.1) is 5.75 Å². The lowest BCUT2D eigenvalue weighted by Crippen LogP contribution is -2.17. The van der Waals surface area contributed by atoms with Crippen LogP contribution in [0.5, 0.6) is 0 Å². The summed E-state index contributed by atoms with van der Waals surface area (Å²) in [6.07, 6.45) is 1.25. The van der Waals surface area contributed by atoms with Gasteiger partial charge in [-0.2, -0.15) is 5.21 Å². The number of nitrogens with zero attached hydrogens (tertiary/aromatic N) is 3. The molecule has 2 N–H and O–H groups in total. The second kappa shape index (κ2) is 5.95. The molecule has 0 aromatic carbocycles. The summed E-state index contributed by atoms with van der Waals surface area (Å²) < 4.78 is 23.0. The highest BCUT2D eigenvalue weighted by Gasteiger charge is 2.14. The number of aryl methyl sites for hydroxylation is 1. The van der Waals surface area contributed by atoms with Crippen molar-refractivity contribution in [3.8, 4) is 0 Å². The van der Waals surface area contributed by atoms with Gasteiger partial charge in [-0.25, -0.2) is 8.42 Å². The highest BCUT2D eigenvalue weighted by atomic mass is 32.2. The number of tetrazole rings is 1. The van der Waals surface area contributed by atoms with Crippen LogP contribution in [0.4, 0.5) is 0 Å². The molecule has 0 radical (unpaired) electrons. The molecular weight excluding hydrogens is 231 g/mol. The molecule has 0 spiro atoms. The number of rotatable bonds is 7. The monoisotopic (exact) mass is 246 g/mol. The Labute approximate surface area is 94.7 Å². The van der Waals surface area contributed by atoms with Gasteiger partial charge in [0.2, 0.25) is 0 Å². The molecule has 0 atom stereocenters. The summed E-state index contributed by atoms with van der Waals surface area (Å²) in [6.45, 7) is 1.00. The number of nitrogens with one attached hydrogen (secondary N) is 1. The molecule has 1 rings (SSSR count). The Bertz CT molecular complexity index is 392. The molecule has 0 unspecified atom stereocenters. The van der Waals surface area contributed by atoms with E-state index in [1.807, 2.05) is 0 Å². The molecule has 0 aliphatic rings. The maximum atomic E-state index is 11.5. The first-order valence-corrected chi connectivity index (χ1v) is 6.92. The molecule has 0 saturated heterocycles. The van der Waals surface area contributed by atoms with E-state index in [-0.39, 0.29) is 17.8 Å². The topological polar surface area (TPSA) is 109 Å². The highest BCUT2D eigenvalue weighted by molar-refractivity contribution is 7.91. The highest BCUT2D eigenvalue weighted by Crippen LogP contribution is 2.02.